The fraction of sp³-hybridized carbons (Fsp3) is 0.429. The Morgan fingerprint density at radius 1 is 1.40 bits per heavy atom. The number of hydrogen-bond donors (Lipinski definition) is 2. The highest BCUT2D eigenvalue weighted by molar-refractivity contribution is 6.31. The molecule has 0 unspecified atom stereocenters. The van der Waals surface area contributed by atoms with Crippen LogP contribution in [0, 0.1) is 18.8 Å². The van der Waals surface area contributed by atoms with Gasteiger partial charge >= 0.3 is 12.0 Å². The molecule has 0 saturated carbocycles. The van der Waals surface area contributed by atoms with E-state index in [-0.39, 0.29) is 18.5 Å². The summed E-state index contributed by atoms with van der Waals surface area (Å²) in [5, 5.41) is 12.4. The molecular formula is C14H17ClN2O3. The number of carbonyl (C=O) groups is 2. The minimum atomic E-state index is -0.855. The number of likely N-dealkylation sites (tertiary alicyclic amines) is 1. The Balaban J connectivity index is 2.06. The van der Waals surface area contributed by atoms with Gasteiger partial charge in [0.05, 0.1) is 5.92 Å². The molecule has 2 N–H and O–H groups in total. The summed E-state index contributed by atoms with van der Waals surface area (Å²) in [5.74, 6) is -1.40. The number of aliphatic carboxylic acids is 1. The van der Waals surface area contributed by atoms with Crippen molar-refractivity contribution >= 4 is 29.3 Å². The van der Waals surface area contributed by atoms with Crippen molar-refractivity contribution in [3.05, 3.63) is 28.8 Å². The normalized spacial score (nSPS) is 21.9. The third-order valence-electron chi connectivity index (χ3n) is 3.73. The number of hydrogen-bond acceptors (Lipinski definition) is 2. The Labute approximate surface area is 122 Å². The Bertz CT molecular complexity index is 547. The van der Waals surface area contributed by atoms with Gasteiger partial charge < -0.3 is 15.3 Å². The van der Waals surface area contributed by atoms with Crippen molar-refractivity contribution in [1.29, 1.82) is 0 Å². The lowest BCUT2D eigenvalue weighted by atomic mass is 9.99. The number of nitrogens with zero attached hydrogens (tertiary/aromatic N) is 1. The van der Waals surface area contributed by atoms with Crippen molar-refractivity contribution in [2.24, 2.45) is 11.8 Å². The maximum absolute atomic E-state index is 12.2. The molecule has 2 rings (SSSR count). The molecule has 2 atom stereocenters. The molecule has 0 spiro atoms. The van der Waals surface area contributed by atoms with Crippen molar-refractivity contribution < 1.29 is 14.7 Å². The van der Waals surface area contributed by atoms with E-state index in [0.717, 1.165) is 5.56 Å². The summed E-state index contributed by atoms with van der Waals surface area (Å²) in [6.45, 7) is 4.35. The zero-order chi connectivity index (χ0) is 14.9. The number of carbonyl (C=O) groups excluding carboxylic acids is 1. The molecule has 0 bridgehead atoms. The van der Waals surface area contributed by atoms with Crippen LogP contribution in [0.25, 0.3) is 0 Å². The summed E-state index contributed by atoms with van der Waals surface area (Å²) >= 11 is 6.00. The van der Waals surface area contributed by atoms with Gasteiger partial charge in [-0.2, -0.15) is 0 Å². The molecule has 1 saturated heterocycles. The monoisotopic (exact) mass is 296 g/mol. The largest absolute Gasteiger partial charge is 0.481 e. The van der Waals surface area contributed by atoms with Crippen LogP contribution in [0.3, 0.4) is 0 Å². The van der Waals surface area contributed by atoms with Crippen LogP contribution in [0.1, 0.15) is 12.5 Å². The van der Waals surface area contributed by atoms with E-state index < -0.39 is 11.9 Å². The van der Waals surface area contributed by atoms with Crippen LogP contribution >= 0.6 is 11.6 Å². The fourth-order valence-corrected chi connectivity index (χ4v) is 2.57. The first-order valence-electron chi connectivity index (χ1n) is 6.44. The first-order valence-corrected chi connectivity index (χ1v) is 6.81. The SMILES string of the molecule is Cc1c(Cl)cccc1NC(=O)N1C[C@@H](C)[C@H](C(=O)O)C1. The van der Waals surface area contributed by atoms with Crippen molar-refractivity contribution in [2.45, 2.75) is 13.8 Å². The van der Waals surface area contributed by atoms with E-state index in [4.69, 9.17) is 16.7 Å². The van der Waals surface area contributed by atoms with Gasteiger partial charge in [-0.15, -0.1) is 0 Å². The first-order chi connectivity index (χ1) is 9.40. The van der Waals surface area contributed by atoms with Crippen molar-refractivity contribution in [2.75, 3.05) is 18.4 Å². The number of nitrogens with one attached hydrogen (secondary N) is 1. The number of amides is 2. The third-order valence-corrected chi connectivity index (χ3v) is 4.14. The lowest BCUT2D eigenvalue weighted by Gasteiger charge is -2.18. The molecule has 1 aliphatic rings. The van der Waals surface area contributed by atoms with E-state index in [1.807, 2.05) is 13.8 Å². The summed E-state index contributed by atoms with van der Waals surface area (Å²) in [6.07, 6.45) is 0. The number of carboxylic acid groups (broad SMARTS) is 1. The van der Waals surface area contributed by atoms with E-state index in [0.29, 0.717) is 17.3 Å². The van der Waals surface area contributed by atoms with Crippen molar-refractivity contribution in [1.82, 2.24) is 4.90 Å². The van der Waals surface area contributed by atoms with Crippen molar-refractivity contribution in [3.8, 4) is 0 Å². The summed E-state index contributed by atoms with van der Waals surface area (Å²) in [6, 6.07) is 5.00. The van der Waals surface area contributed by atoms with Gasteiger partial charge in [-0.3, -0.25) is 4.79 Å². The highest BCUT2D eigenvalue weighted by atomic mass is 35.5. The van der Waals surface area contributed by atoms with Crippen LogP contribution in [0.4, 0.5) is 10.5 Å². The number of urea groups is 1. The van der Waals surface area contributed by atoms with Crippen molar-refractivity contribution in [3.63, 3.8) is 0 Å². The molecule has 20 heavy (non-hydrogen) atoms. The fourth-order valence-electron chi connectivity index (χ4n) is 2.39. The molecule has 1 heterocycles. The van der Waals surface area contributed by atoms with Gasteiger partial charge in [-0.05, 0) is 30.5 Å². The summed E-state index contributed by atoms with van der Waals surface area (Å²) < 4.78 is 0. The number of halogens is 1. The van der Waals surface area contributed by atoms with Gasteiger partial charge in [0, 0.05) is 23.8 Å². The number of anilines is 1. The Morgan fingerprint density at radius 3 is 2.70 bits per heavy atom. The average Bonchev–Trinajstić information content (AvgIpc) is 2.77. The topological polar surface area (TPSA) is 69.6 Å². The second kappa shape index (κ2) is 5.71. The Morgan fingerprint density at radius 2 is 2.10 bits per heavy atom. The van der Waals surface area contributed by atoms with E-state index in [9.17, 15) is 9.59 Å². The predicted molar refractivity (Wildman–Crippen MR) is 77.1 cm³/mol. The van der Waals surface area contributed by atoms with Gasteiger partial charge in [0.2, 0.25) is 0 Å². The van der Waals surface area contributed by atoms with Crippen LogP contribution in [0.15, 0.2) is 18.2 Å². The molecule has 5 nitrogen and oxygen atoms in total. The molecule has 2 amide bonds. The Hall–Kier alpha value is -1.75. The van der Waals surface area contributed by atoms with E-state index in [2.05, 4.69) is 5.32 Å². The first kappa shape index (κ1) is 14.7. The lowest BCUT2D eigenvalue weighted by molar-refractivity contribution is -0.142. The summed E-state index contributed by atoms with van der Waals surface area (Å²) in [7, 11) is 0. The highest BCUT2D eigenvalue weighted by Gasteiger charge is 2.37. The molecule has 0 radical (unpaired) electrons. The average molecular weight is 297 g/mol. The molecular weight excluding hydrogens is 280 g/mol. The molecule has 1 fully saturated rings. The molecule has 0 aliphatic carbocycles. The maximum Gasteiger partial charge on any atom is 0.321 e. The summed E-state index contributed by atoms with van der Waals surface area (Å²) in [5.41, 5.74) is 1.44. The smallest absolute Gasteiger partial charge is 0.321 e. The molecule has 1 aromatic carbocycles. The van der Waals surface area contributed by atoms with E-state index in [1.165, 1.54) is 4.90 Å². The minimum absolute atomic E-state index is 0.0429. The minimum Gasteiger partial charge on any atom is -0.481 e. The van der Waals surface area contributed by atoms with Gasteiger partial charge in [-0.25, -0.2) is 4.79 Å². The van der Waals surface area contributed by atoms with Crippen LogP contribution < -0.4 is 5.32 Å². The Kier molecular flexibility index (Phi) is 4.18. The zero-order valence-electron chi connectivity index (χ0n) is 11.4. The summed E-state index contributed by atoms with van der Waals surface area (Å²) in [4.78, 5) is 24.8. The van der Waals surface area contributed by atoms with Gasteiger partial charge in [0.15, 0.2) is 0 Å². The van der Waals surface area contributed by atoms with Gasteiger partial charge in [0.1, 0.15) is 0 Å². The highest BCUT2D eigenvalue weighted by Crippen LogP contribution is 2.26. The molecule has 1 aliphatic heterocycles. The second-order valence-corrected chi connectivity index (χ2v) is 5.58. The molecule has 1 aromatic rings. The van der Waals surface area contributed by atoms with Crippen LogP contribution in [0.5, 0.6) is 0 Å². The second-order valence-electron chi connectivity index (χ2n) is 5.17. The predicted octanol–water partition coefficient (Wildman–Crippen LogP) is 2.83. The van der Waals surface area contributed by atoms with E-state index >= 15 is 0 Å². The van der Waals surface area contributed by atoms with Gasteiger partial charge in [-0.1, -0.05) is 24.6 Å². The quantitative estimate of drug-likeness (QED) is 0.881. The van der Waals surface area contributed by atoms with Gasteiger partial charge in [0.25, 0.3) is 0 Å². The number of rotatable bonds is 2. The van der Waals surface area contributed by atoms with Crippen LogP contribution in [-0.2, 0) is 4.79 Å². The zero-order valence-corrected chi connectivity index (χ0v) is 12.1. The van der Waals surface area contributed by atoms with Crippen LogP contribution in [-0.4, -0.2) is 35.1 Å². The third kappa shape index (κ3) is 2.88. The molecule has 108 valence electrons. The van der Waals surface area contributed by atoms with Crippen LogP contribution in [0.2, 0.25) is 5.02 Å². The number of benzene rings is 1. The maximum atomic E-state index is 12.2. The lowest BCUT2D eigenvalue weighted by Crippen LogP contribution is -2.34. The number of carboxylic acids is 1. The van der Waals surface area contributed by atoms with E-state index in [1.54, 1.807) is 18.2 Å². The standard InChI is InChI=1S/C14H17ClN2O3/c1-8-6-17(7-10(8)13(18)19)14(20)16-12-5-3-4-11(15)9(12)2/h3-5,8,10H,6-7H2,1-2H3,(H,16,20)(H,18,19)/t8-,10-/m1/s1. The molecule has 6 heteroatoms. The molecule has 0 aromatic heterocycles.